The molecule has 0 amide bonds. The van der Waals surface area contributed by atoms with E-state index in [4.69, 9.17) is 10.5 Å². The van der Waals surface area contributed by atoms with Gasteiger partial charge in [-0.3, -0.25) is 4.90 Å². The van der Waals surface area contributed by atoms with E-state index in [0.29, 0.717) is 17.5 Å². The van der Waals surface area contributed by atoms with E-state index < -0.39 is 0 Å². The maximum absolute atomic E-state index is 5.74. The molecule has 0 aromatic rings. The first-order valence-electron chi connectivity index (χ1n) is 4.67. The number of ether oxygens (including phenoxy) is 1. The highest BCUT2D eigenvalue weighted by Crippen LogP contribution is 2.33. The van der Waals surface area contributed by atoms with Crippen LogP contribution >= 0.6 is 0 Å². The largest absolute Gasteiger partial charge is 0.379 e. The lowest BCUT2D eigenvalue weighted by molar-refractivity contribution is 0.0494. The van der Waals surface area contributed by atoms with Crippen LogP contribution in [0, 0.1) is 5.41 Å². The monoisotopic (exact) mass is 170 g/mol. The molecule has 2 N–H and O–H groups in total. The predicted molar refractivity (Wildman–Crippen MR) is 47.9 cm³/mol. The second kappa shape index (κ2) is 2.69. The summed E-state index contributed by atoms with van der Waals surface area (Å²) < 4.78 is 5.48. The second-order valence-electron chi connectivity index (χ2n) is 4.73. The molecular weight excluding hydrogens is 152 g/mol. The summed E-state index contributed by atoms with van der Waals surface area (Å²) in [5.74, 6) is 0. The summed E-state index contributed by atoms with van der Waals surface area (Å²) in [6.45, 7) is 8.43. The zero-order valence-electron chi connectivity index (χ0n) is 7.92. The van der Waals surface area contributed by atoms with Crippen molar-refractivity contribution in [2.24, 2.45) is 11.1 Å². The fraction of sp³-hybridized carbons (Fsp3) is 1.00. The molecular formula is C9H18N2O. The minimum absolute atomic E-state index is 0.320. The molecule has 1 atom stereocenters. The van der Waals surface area contributed by atoms with Crippen LogP contribution < -0.4 is 5.73 Å². The molecule has 2 fully saturated rings. The van der Waals surface area contributed by atoms with E-state index in [1.165, 1.54) is 0 Å². The third kappa shape index (κ3) is 1.26. The first-order chi connectivity index (χ1) is 5.59. The van der Waals surface area contributed by atoms with Crippen molar-refractivity contribution >= 4 is 0 Å². The third-order valence-electron chi connectivity index (χ3n) is 3.03. The molecule has 0 saturated carbocycles. The molecule has 2 aliphatic heterocycles. The highest BCUT2D eigenvalue weighted by Gasteiger charge is 2.43. The van der Waals surface area contributed by atoms with Crippen LogP contribution in [0.25, 0.3) is 0 Å². The Bertz CT molecular complexity index is 175. The Balaban J connectivity index is 1.95. The molecule has 3 heteroatoms. The van der Waals surface area contributed by atoms with Gasteiger partial charge in [0.2, 0.25) is 0 Å². The SMILES string of the molecule is CC1(C)COCC1N1CC(N)C1. The minimum Gasteiger partial charge on any atom is -0.379 e. The van der Waals surface area contributed by atoms with Gasteiger partial charge in [-0.15, -0.1) is 0 Å². The number of nitrogens with two attached hydrogens (primary N) is 1. The van der Waals surface area contributed by atoms with Crippen LogP contribution in [0.5, 0.6) is 0 Å². The van der Waals surface area contributed by atoms with Gasteiger partial charge in [0.25, 0.3) is 0 Å². The van der Waals surface area contributed by atoms with E-state index in [1.54, 1.807) is 0 Å². The third-order valence-corrected chi connectivity index (χ3v) is 3.03. The fourth-order valence-electron chi connectivity index (χ4n) is 2.16. The van der Waals surface area contributed by atoms with E-state index in [9.17, 15) is 0 Å². The summed E-state index contributed by atoms with van der Waals surface area (Å²) in [5.41, 5.74) is 6.06. The van der Waals surface area contributed by atoms with Crippen LogP contribution in [0.1, 0.15) is 13.8 Å². The molecule has 0 aromatic carbocycles. The van der Waals surface area contributed by atoms with Gasteiger partial charge in [0, 0.05) is 30.6 Å². The maximum atomic E-state index is 5.74. The summed E-state index contributed by atoms with van der Waals surface area (Å²) in [6.07, 6.45) is 0. The molecule has 2 aliphatic rings. The molecule has 2 saturated heterocycles. The molecule has 2 heterocycles. The normalized spacial score (nSPS) is 36.8. The Kier molecular flexibility index (Phi) is 1.90. The van der Waals surface area contributed by atoms with Crippen LogP contribution in [-0.2, 0) is 4.74 Å². The van der Waals surface area contributed by atoms with Gasteiger partial charge in [-0.05, 0) is 0 Å². The summed E-state index contributed by atoms with van der Waals surface area (Å²) >= 11 is 0. The summed E-state index contributed by atoms with van der Waals surface area (Å²) in [7, 11) is 0. The van der Waals surface area contributed by atoms with Crippen molar-refractivity contribution in [1.82, 2.24) is 4.90 Å². The van der Waals surface area contributed by atoms with Gasteiger partial charge < -0.3 is 10.5 Å². The van der Waals surface area contributed by atoms with E-state index >= 15 is 0 Å². The highest BCUT2D eigenvalue weighted by atomic mass is 16.5. The van der Waals surface area contributed by atoms with Crippen LogP contribution in [0.3, 0.4) is 0 Å². The minimum atomic E-state index is 0.320. The van der Waals surface area contributed by atoms with Crippen molar-refractivity contribution in [3.8, 4) is 0 Å². The average molecular weight is 170 g/mol. The van der Waals surface area contributed by atoms with Gasteiger partial charge in [0.1, 0.15) is 0 Å². The molecule has 1 unspecified atom stereocenters. The fourth-order valence-corrected chi connectivity index (χ4v) is 2.16. The van der Waals surface area contributed by atoms with Crippen molar-refractivity contribution in [1.29, 1.82) is 0 Å². The molecule has 12 heavy (non-hydrogen) atoms. The number of rotatable bonds is 1. The predicted octanol–water partition coefficient (Wildman–Crippen LogP) is 0.0543. The molecule has 0 spiro atoms. The highest BCUT2D eigenvalue weighted by molar-refractivity contribution is 4.97. The Morgan fingerprint density at radius 1 is 1.42 bits per heavy atom. The van der Waals surface area contributed by atoms with Gasteiger partial charge in [-0.25, -0.2) is 0 Å². The topological polar surface area (TPSA) is 38.5 Å². The Hall–Kier alpha value is -0.120. The van der Waals surface area contributed by atoms with E-state index in [0.717, 1.165) is 26.3 Å². The van der Waals surface area contributed by atoms with Crippen LogP contribution in [0.15, 0.2) is 0 Å². The van der Waals surface area contributed by atoms with E-state index in [2.05, 4.69) is 18.7 Å². The van der Waals surface area contributed by atoms with Gasteiger partial charge in [-0.2, -0.15) is 0 Å². The van der Waals surface area contributed by atoms with Gasteiger partial charge >= 0.3 is 0 Å². The molecule has 0 aliphatic carbocycles. The van der Waals surface area contributed by atoms with Gasteiger partial charge in [0.15, 0.2) is 0 Å². The molecule has 0 aromatic heterocycles. The summed E-state index contributed by atoms with van der Waals surface area (Å²) in [4.78, 5) is 2.44. The zero-order chi connectivity index (χ0) is 8.77. The van der Waals surface area contributed by atoms with Crippen molar-refractivity contribution in [3.05, 3.63) is 0 Å². The number of hydrogen-bond donors (Lipinski definition) is 1. The summed E-state index contributed by atoms with van der Waals surface area (Å²) in [5, 5.41) is 0. The van der Waals surface area contributed by atoms with Crippen molar-refractivity contribution in [2.45, 2.75) is 25.9 Å². The van der Waals surface area contributed by atoms with E-state index in [1.807, 2.05) is 0 Å². The summed E-state index contributed by atoms with van der Waals surface area (Å²) in [6, 6.07) is 0.999. The standard InChI is InChI=1S/C9H18N2O/c1-9(2)6-12-5-8(9)11-3-7(10)4-11/h7-8H,3-6,10H2,1-2H3. The Morgan fingerprint density at radius 2 is 2.08 bits per heavy atom. The molecule has 0 bridgehead atoms. The smallest absolute Gasteiger partial charge is 0.0628 e. The number of nitrogens with zero attached hydrogens (tertiary/aromatic N) is 1. The lowest BCUT2D eigenvalue weighted by Crippen LogP contribution is -2.62. The number of hydrogen-bond acceptors (Lipinski definition) is 3. The molecule has 70 valence electrons. The lowest BCUT2D eigenvalue weighted by atomic mass is 9.85. The maximum Gasteiger partial charge on any atom is 0.0628 e. The first-order valence-corrected chi connectivity index (χ1v) is 4.67. The van der Waals surface area contributed by atoms with Crippen LogP contribution in [0.4, 0.5) is 0 Å². The average Bonchev–Trinajstić information content (AvgIpc) is 2.23. The second-order valence-corrected chi connectivity index (χ2v) is 4.73. The quantitative estimate of drug-likeness (QED) is 0.604. The molecule has 3 nitrogen and oxygen atoms in total. The van der Waals surface area contributed by atoms with Crippen molar-refractivity contribution in [3.63, 3.8) is 0 Å². The van der Waals surface area contributed by atoms with Gasteiger partial charge in [0.05, 0.1) is 13.2 Å². The van der Waals surface area contributed by atoms with Crippen LogP contribution in [-0.4, -0.2) is 43.3 Å². The van der Waals surface area contributed by atoms with E-state index in [-0.39, 0.29) is 0 Å². The first kappa shape index (κ1) is 8.48. The zero-order valence-corrected chi connectivity index (χ0v) is 7.92. The lowest BCUT2D eigenvalue weighted by Gasteiger charge is -2.45. The Labute approximate surface area is 73.9 Å². The number of likely N-dealkylation sites (tertiary alicyclic amines) is 1. The molecule has 2 rings (SSSR count). The molecule has 0 radical (unpaired) electrons. The van der Waals surface area contributed by atoms with Crippen LogP contribution in [0.2, 0.25) is 0 Å². The van der Waals surface area contributed by atoms with Crippen molar-refractivity contribution in [2.75, 3.05) is 26.3 Å². The van der Waals surface area contributed by atoms with Gasteiger partial charge in [-0.1, -0.05) is 13.8 Å². The van der Waals surface area contributed by atoms with Crippen molar-refractivity contribution < 1.29 is 4.74 Å². The Morgan fingerprint density at radius 3 is 2.50 bits per heavy atom.